The zero-order valence-corrected chi connectivity index (χ0v) is 24.0. The minimum Gasteiger partial charge on any atom is -0.332 e. The summed E-state index contributed by atoms with van der Waals surface area (Å²) in [6.45, 7) is 2.25. The fraction of sp³-hybridized carbons (Fsp3) is 0.714. The molecule has 0 aromatic heterocycles. The van der Waals surface area contributed by atoms with Gasteiger partial charge in [0.1, 0.15) is 0 Å². The van der Waals surface area contributed by atoms with Crippen LogP contribution >= 0.6 is 12.2 Å². The normalized spacial score (nSPS) is 14.6. The lowest BCUT2D eigenvalue weighted by Crippen LogP contribution is -2.38. The molecule has 1 amide bonds. The van der Waals surface area contributed by atoms with Gasteiger partial charge in [0.15, 0.2) is 5.11 Å². The Morgan fingerprint density at radius 1 is 0.889 bits per heavy atom. The molecular formula is C28H47N3O3S2. The Morgan fingerprint density at radius 2 is 1.42 bits per heavy atom. The number of carbonyl (C=O) groups is 1. The number of unbranched alkanes of at least 4 members (excludes halogenated alkanes) is 10. The van der Waals surface area contributed by atoms with Crippen LogP contribution < -0.4 is 10.6 Å². The van der Waals surface area contributed by atoms with Gasteiger partial charge in [0.2, 0.25) is 15.9 Å². The van der Waals surface area contributed by atoms with Crippen molar-refractivity contribution >= 4 is 38.9 Å². The predicted molar refractivity (Wildman–Crippen MR) is 154 cm³/mol. The lowest BCUT2D eigenvalue weighted by Gasteiger charge is -2.30. The third-order valence-corrected chi connectivity index (χ3v) is 9.27. The number of rotatable bonds is 16. The largest absolute Gasteiger partial charge is 0.332 e. The van der Waals surface area contributed by atoms with Gasteiger partial charge < -0.3 is 10.6 Å². The van der Waals surface area contributed by atoms with E-state index >= 15 is 0 Å². The van der Waals surface area contributed by atoms with E-state index < -0.39 is 10.0 Å². The van der Waals surface area contributed by atoms with Crippen LogP contribution in [0.4, 0.5) is 5.69 Å². The van der Waals surface area contributed by atoms with E-state index in [1.165, 1.54) is 68.5 Å². The van der Waals surface area contributed by atoms with Crippen molar-refractivity contribution in [2.75, 3.05) is 12.4 Å². The van der Waals surface area contributed by atoms with Crippen LogP contribution in [0, 0.1) is 0 Å². The number of benzene rings is 1. The number of hydrogen-bond donors (Lipinski definition) is 2. The summed E-state index contributed by atoms with van der Waals surface area (Å²) < 4.78 is 27.5. The van der Waals surface area contributed by atoms with Crippen molar-refractivity contribution in [3.8, 4) is 0 Å². The standard InChI is InChI=1S/C28H47N3O3S2/c1-3-4-5-6-7-8-9-10-11-12-16-19-27(32)30-28(35)29-24-20-22-26(23-21-24)36(33,34)31(2)25-17-14-13-15-18-25/h20-23,25H,3-19H2,1-2H3,(H2,29,30,32,35). The predicted octanol–water partition coefficient (Wildman–Crippen LogP) is 7.15. The van der Waals surface area contributed by atoms with Crippen molar-refractivity contribution in [3.05, 3.63) is 24.3 Å². The van der Waals surface area contributed by atoms with Crippen LogP contribution in [-0.4, -0.2) is 36.8 Å². The van der Waals surface area contributed by atoms with Gasteiger partial charge in [-0.1, -0.05) is 90.4 Å². The number of sulfonamides is 1. The fourth-order valence-electron chi connectivity index (χ4n) is 4.82. The monoisotopic (exact) mass is 537 g/mol. The molecule has 1 aliphatic carbocycles. The van der Waals surface area contributed by atoms with E-state index in [1.807, 2.05) is 0 Å². The molecule has 0 unspecified atom stereocenters. The van der Waals surface area contributed by atoms with Gasteiger partial charge in [-0.15, -0.1) is 0 Å². The van der Waals surface area contributed by atoms with Gasteiger partial charge in [0.05, 0.1) is 4.90 Å². The lowest BCUT2D eigenvalue weighted by molar-refractivity contribution is -0.119. The summed E-state index contributed by atoms with van der Waals surface area (Å²) in [5.41, 5.74) is 0.647. The van der Waals surface area contributed by atoms with Crippen molar-refractivity contribution < 1.29 is 13.2 Å². The van der Waals surface area contributed by atoms with Crippen molar-refractivity contribution in [1.29, 1.82) is 0 Å². The molecule has 0 radical (unpaired) electrons. The van der Waals surface area contributed by atoms with Crippen molar-refractivity contribution in [2.45, 2.75) is 127 Å². The van der Waals surface area contributed by atoms with Crippen LogP contribution in [0.2, 0.25) is 0 Å². The van der Waals surface area contributed by atoms with Crippen LogP contribution in [0.25, 0.3) is 0 Å². The molecule has 204 valence electrons. The molecule has 1 fully saturated rings. The minimum absolute atomic E-state index is 0.0738. The molecule has 2 N–H and O–H groups in total. The Bertz CT molecular complexity index is 882. The summed E-state index contributed by atoms with van der Waals surface area (Å²) in [5, 5.41) is 5.94. The third-order valence-electron chi connectivity index (χ3n) is 7.14. The summed E-state index contributed by atoms with van der Waals surface area (Å²) in [7, 11) is -1.85. The van der Waals surface area contributed by atoms with Crippen LogP contribution in [0.3, 0.4) is 0 Å². The van der Waals surface area contributed by atoms with E-state index in [0.717, 1.165) is 38.5 Å². The molecule has 0 atom stereocenters. The Labute approximate surface area is 225 Å². The highest BCUT2D eigenvalue weighted by Crippen LogP contribution is 2.27. The van der Waals surface area contributed by atoms with Gasteiger partial charge in [0.25, 0.3) is 0 Å². The summed E-state index contributed by atoms with van der Waals surface area (Å²) in [4.78, 5) is 12.5. The zero-order valence-electron chi connectivity index (χ0n) is 22.4. The summed E-state index contributed by atoms with van der Waals surface area (Å²) in [6.07, 6.45) is 19.4. The van der Waals surface area contributed by atoms with Crippen molar-refractivity contribution in [2.24, 2.45) is 0 Å². The quantitative estimate of drug-likeness (QED) is 0.173. The maximum atomic E-state index is 13.0. The van der Waals surface area contributed by atoms with Crippen LogP contribution in [0.15, 0.2) is 29.2 Å². The fourth-order valence-corrected chi connectivity index (χ4v) is 6.47. The molecule has 0 saturated heterocycles. The Balaban J connectivity index is 1.63. The molecule has 0 spiro atoms. The topological polar surface area (TPSA) is 78.5 Å². The molecule has 1 aromatic rings. The molecule has 0 bridgehead atoms. The summed E-state index contributed by atoms with van der Waals surface area (Å²) >= 11 is 5.26. The first-order valence-electron chi connectivity index (χ1n) is 14.0. The van der Waals surface area contributed by atoms with Gasteiger partial charge in [-0.3, -0.25) is 4.79 Å². The molecule has 2 rings (SSSR count). The van der Waals surface area contributed by atoms with Gasteiger partial charge in [0, 0.05) is 25.2 Å². The second kappa shape index (κ2) is 17.1. The number of carbonyl (C=O) groups excluding carboxylic acids is 1. The van der Waals surface area contributed by atoms with Crippen molar-refractivity contribution in [1.82, 2.24) is 9.62 Å². The van der Waals surface area contributed by atoms with E-state index in [4.69, 9.17) is 12.2 Å². The van der Waals surface area contributed by atoms with Crippen LogP contribution in [-0.2, 0) is 14.8 Å². The summed E-state index contributed by atoms with van der Waals surface area (Å²) in [6, 6.07) is 6.62. The van der Waals surface area contributed by atoms with Crippen LogP contribution in [0.5, 0.6) is 0 Å². The molecule has 36 heavy (non-hydrogen) atoms. The maximum Gasteiger partial charge on any atom is 0.243 e. The number of amides is 1. The Morgan fingerprint density at radius 3 is 1.97 bits per heavy atom. The first-order chi connectivity index (χ1) is 17.3. The third kappa shape index (κ3) is 11.3. The van der Waals surface area contributed by atoms with Gasteiger partial charge in [-0.2, -0.15) is 4.31 Å². The number of nitrogens with one attached hydrogen (secondary N) is 2. The average Bonchev–Trinajstić information content (AvgIpc) is 2.87. The molecule has 1 aromatic carbocycles. The van der Waals surface area contributed by atoms with Crippen LogP contribution in [0.1, 0.15) is 116 Å². The number of anilines is 1. The van der Waals surface area contributed by atoms with E-state index in [9.17, 15) is 13.2 Å². The number of hydrogen-bond acceptors (Lipinski definition) is 4. The van der Waals surface area contributed by atoms with E-state index in [1.54, 1.807) is 31.3 Å². The van der Waals surface area contributed by atoms with E-state index in [2.05, 4.69) is 17.6 Å². The SMILES string of the molecule is CCCCCCCCCCCCCC(=O)NC(=S)Nc1ccc(S(=O)(=O)N(C)C2CCCCC2)cc1. The second-order valence-corrected chi connectivity index (χ2v) is 12.5. The maximum absolute atomic E-state index is 13.0. The molecule has 1 saturated carbocycles. The van der Waals surface area contributed by atoms with Crippen molar-refractivity contribution in [3.63, 3.8) is 0 Å². The Hall–Kier alpha value is -1.51. The smallest absolute Gasteiger partial charge is 0.243 e. The minimum atomic E-state index is -3.53. The number of thiocarbonyl (C=S) groups is 1. The van der Waals surface area contributed by atoms with Gasteiger partial charge in [-0.05, 0) is 55.7 Å². The molecule has 6 nitrogen and oxygen atoms in total. The first-order valence-corrected chi connectivity index (χ1v) is 15.9. The molecule has 8 heteroatoms. The zero-order chi connectivity index (χ0) is 26.2. The van der Waals surface area contributed by atoms with E-state index in [-0.39, 0.29) is 22.0 Å². The number of nitrogens with zero attached hydrogens (tertiary/aromatic N) is 1. The lowest BCUT2D eigenvalue weighted by atomic mass is 9.96. The highest BCUT2D eigenvalue weighted by atomic mass is 32.2. The van der Waals surface area contributed by atoms with E-state index in [0.29, 0.717) is 12.1 Å². The first kappa shape index (κ1) is 30.7. The molecular weight excluding hydrogens is 490 g/mol. The highest BCUT2D eigenvalue weighted by Gasteiger charge is 2.28. The Kier molecular flexibility index (Phi) is 14.6. The highest BCUT2D eigenvalue weighted by molar-refractivity contribution is 7.89. The molecule has 0 heterocycles. The molecule has 1 aliphatic rings. The van der Waals surface area contributed by atoms with Gasteiger partial charge >= 0.3 is 0 Å². The average molecular weight is 538 g/mol. The molecule has 0 aliphatic heterocycles. The second-order valence-electron chi connectivity index (χ2n) is 10.1. The summed E-state index contributed by atoms with van der Waals surface area (Å²) in [5.74, 6) is -0.0864. The van der Waals surface area contributed by atoms with Gasteiger partial charge in [-0.25, -0.2) is 8.42 Å².